The van der Waals surface area contributed by atoms with Crippen molar-refractivity contribution in [3.8, 4) is 0 Å². The first-order chi connectivity index (χ1) is 23.1. The van der Waals surface area contributed by atoms with Crippen LogP contribution in [0.3, 0.4) is 0 Å². The van der Waals surface area contributed by atoms with Gasteiger partial charge in [-0.25, -0.2) is 14.6 Å². The van der Waals surface area contributed by atoms with E-state index in [1.165, 1.54) is 17.3 Å². The second kappa shape index (κ2) is 18.6. The number of piperidine rings is 1. The molecule has 0 bridgehead atoms. The Morgan fingerprint density at radius 3 is 2.37 bits per heavy atom. The van der Waals surface area contributed by atoms with Gasteiger partial charge in [0.05, 0.1) is 37.4 Å². The smallest absolute Gasteiger partial charge is 0.409 e. The summed E-state index contributed by atoms with van der Waals surface area (Å²) in [5.74, 6) is 0.569. The van der Waals surface area contributed by atoms with Gasteiger partial charge in [-0.2, -0.15) is 0 Å². The molecule has 1 aromatic heterocycles. The Kier molecular flexibility index (Phi) is 15.6. The molecular formula is C39H62N6O4. The number of aryl methyl sites for hydroxylation is 2. The van der Waals surface area contributed by atoms with Crippen LogP contribution in [0, 0.1) is 18.3 Å². The average Bonchev–Trinajstić information content (AvgIpc) is 3.63. The van der Waals surface area contributed by atoms with Crippen molar-refractivity contribution in [2.75, 3.05) is 26.2 Å². The van der Waals surface area contributed by atoms with Gasteiger partial charge in [0.2, 0.25) is 0 Å². The number of nitrogens with zero attached hydrogens (tertiary/aromatic N) is 3. The number of alkyl carbamates (subject to hydrolysis) is 1. The first-order valence-corrected chi connectivity index (χ1v) is 17.5. The average molecular weight is 679 g/mol. The molecule has 10 heteroatoms. The summed E-state index contributed by atoms with van der Waals surface area (Å²) in [7, 11) is 1.91. The molecule has 3 heterocycles. The van der Waals surface area contributed by atoms with Gasteiger partial charge in [-0.15, -0.1) is 0 Å². The molecule has 3 unspecified atom stereocenters. The van der Waals surface area contributed by atoms with Crippen molar-refractivity contribution in [3.05, 3.63) is 84.1 Å². The lowest BCUT2D eigenvalue weighted by Crippen LogP contribution is -2.41. The Balaban J connectivity index is 0.00000158. The molecule has 10 nitrogen and oxygen atoms in total. The molecule has 272 valence electrons. The van der Waals surface area contributed by atoms with E-state index < -0.39 is 17.9 Å². The number of rotatable bonds is 10. The van der Waals surface area contributed by atoms with E-state index in [1.54, 1.807) is 12.5 Å². The highest BCUT2D eigenvalue weighted by Gasteiger charge is 2.42. The van der Waals surface area contributed by atoms with E-state index in [0.717, 1.165) is 41.7 Å². The molecule has 2 aliphatic heterocycles. The van der Waals surface area contributed by atoms with Crippen LogP contribution in [0.5, 0.6) is 0 Å². The lowest BCUT2D eigenvalue weighted by molar-refractivity contribution is 0.0601. The third kappa shape index (κ3) is 12.4. The van der Waals surface area contributed by atoms with Crippen molar-refractivity contribution in [3.63, 3.8) is 0 Å². The zero-order valence-corrected chi connectivity index (χ0v) is 31.7. The zero-order valence-electron chi connectivity index (χ0n) is 31.7. The number of hydrogen-bond acceptors (Lipinski definition) is 7. The number of benzene rings is 1. The maximum Gasteiger partial charge on any atom is 0.409 e. The summed E-state index contributed by atoms with van der Waals surface area (Å²) < 4.78 is 13.2. The minimum atomic E-state index is -0.639. The van der Waals surface area contributed by atoms with Crippen molar-refractivity contribution in [1.82, 2.24) is 25.1 Å². The van der Waals surface area contributed by atoms with Crippen LogP contribution in [0.4, 0.5) is 9.59 Å². The molecule has 2 fully saturated rings. The van der Waals surface area contributed by atoms with E-state index in [1.807, 2.05) is 37.3 Å². The molecule has 0 radical (unpaired) electrons. The molecule has 4 rings (SSSR count). The van der Waals surface area contributed by atoms with Crippen LogP contribution < -0.4 is 16.4 Å². The number of hydrogen-bond donors (Lipinski definition) is 3. The standard InChI is InChI=1S/C35H51N5O4.C2H5N.C2H6/c1-10-23(2)17-29(26-13-15-40(16-14-26)33(42)43-21-34(5,6)7)27-12-11-24(3)18-28(27)25(4)31(30-19-36-22-39(30)9)38-32(41)44-35(8)20-37-35;1-2-3;1-2/h10-12,18-19,22,26,29,31,37H,4,13-17,20-21H2,1-3,5-9H3,(H,38,41);2H,1,3H2;1-2H3/b23-10-;;. The summed E-state index contributed by atoms with van der Waals surface area (Å²) in [6.07, 6.45) is 8.84. The second-order valence-electron chi connectivity index (χ2n) is 14.2. The predicted octanol–water partition coefficient (Wildman–Crippen LogP) is 7.98. The Morgan fingerprint density at radius 2 is 1.86 bits per heavy atom. The lowest BCUT2D eigenvalue weighted by Gasteiger charge is -2.37. The molecule has 49 heavy (non-hydrogen) atoms. The molecule has 2 saturated heterocycles. The number of aromatic nitrogens is 2. The number of carbonyl (C=O) groups is 2. The highest BCUT2D eigenvalue weighted by Crippen LogP contribution is 2.42. The molecule has 0 saturated carbocycles. The number of nitrogens with one attached hydrogen (secondary N) is 2. The maximum atomic E-state index is 13.1. The van der Waals surface area contributed by atoms with Crippen LogP contribution in [0.2, 0.25) is 0 Å². The monoisotopic (exact) mass is 678 g/mol. The van der Waals surface area contributed by atoms with Gasteiger partial charge in [-0.3, -0.25) is 5.32 Å². The van der Waals surface area contributed by atoms with Crippen LogP contribution in [0.1, 0.15) is 109 Å². The number of imidazole rings is 1. The molecule has 1 aromatic carbocycles. The van der Waals surface area contributed by atoms with E-state index >= 15 is 0 Å². The molecular weight excluding hydrogens is 616 g/mol. The second-order valence-corrected chi connectivity index (χ2v) is 14.2. The number of allylic oxidation sites excluding steroid dienone is 2. The topological polar surface area (TPSA) is 134 Å². The summed E-state index contributed by atoms with van der Waals surface area (Å²) >= 11 is 0. The Morgan fingerprint density at radius 1 is 1.24 bits per heavy atom. The van der Waals surface area contributed by atoms with E-state index in [-0.39, 0.29) is 17.4 Å². The summed E-state index contributed by atoms with van der Waals surface area (Å²) in [6, 6.07) is 6.01. The minimum absolute atomic E-state index is 0.0704. The molecule has 4 N–H and O–H groups in total. The SMILES string of the molecule is C=C(c1cc(C)ccc1C(C/C(C)=C\C)C1CCN(C(=O)OCC(C)(C)C)CC1)C(NC(=O)OC1(C)CN1)c1cncn1C.C=CN.CC. The third-order valence-corrected chi connectivity index (χ3v) is 8.74. The number of likely N-dealkylation sites (tertiary alicyclic amines) is 1. The van der Waals surface area contributed by atoms with Crippen molar-refractivity contribution < 1.29 is 19.1 Å². The molecule has 2 amide bonds. The Labute approximate surface area is 295 Å². The van der Waals surface area contributed by atoms with Gasteiger partial charge in [-0.1, -0.05) is 83.2 Å². The Bertz CT molecular complexity index is 1430. The maximum absolute atomic E-state index is 13.1. The van der Waals surface area contributed by atoms with Gasteiger partial charge in [0.1, 0.15) is 0 Å². The number of ether oxygens (including phenoxy) is 2. The van der Waals surface area contributed by atoms with Gasteiger partial charge in [0.15, 0.2) is 5.72 Å². The van der Waals surface area contributed by atoms with Crippen LogP contribution >= 0.6 is 0 Å². The zero-order chi connectivity index (χ0) is 36.9. The van der Waals surface area contributed by atoms with Gasteiger partial charge in [0, 0.05) is 20.1 Å². The van der Waals surface area contributed by atoms with Crippen LogP contribution in [0.25, 0.3) is 5.57 Å². The van der Waals surface area contributed by atoms with E-state index in [0.29, 0.717) is 32.2 Å². The molecule has 2 aromatic rings. The molecule has 2 aliphatic rings. The van der Waals surface area contributed by atoms with E-state index in [9.17, 15) is 9.59 Å². The molecule has 3 atom stereocenters. The van der Waals surface area contributed by atoms with E-state index in [4.69, 9.17) is 9.47 Å². The van der Waals surface area contributed by atoms with Crippen molar-refractivity contribution in [2.24, 2.45) is 24.1 Å². The first-order valence-electron chi connectivity index (χ1n) is 17.5. The van der Waals surface area contributed by atoms with Crippen LogP contribution in [0.15, 0.2) is 61.7 Å². The molecule has 0 spiro atoms. The van der Waals surface area contributed by atoms with Gasteiger partial charge in [0.25, 0.3) is 0 Å². The Hall–Kier alpha value is -4.05. The van der Waals surface area contributed by atoms with Crippen molar-refractivity contribution in [2.45, 2.75) is 99.3 Å². The van der Waals surface area contributed by atoms with Gasteiger partial charge in [-0.05, 0) is 87.1 Å². The summed E-state index contributed by atoms with van der Waals surface area (Å²) in [4.78, 5) is 32.1. The lowest BCUT2D eigenvalue weighted by atomic mass is 9.74. The number of nitrogens with two attached hydrogens (primary N) is 1. The van der Waals surface area contributed by atoms with Crippen molar-refractivity contribution in [1.29, 1.82) is 0 Å². The van der Waals surface area contributed by atoms with Crippen LogP contribution in [-0.4, -0.2) is 58.6 Å². The quantitative estimate of drug-likeness (QED) is 0.171. The largest absolute Gasteiger partial charge is 0.449 e. The highest BCUT2D eigenvalue weighted by atomic mass is 16.6. The van der Waals surface area contributed by atoms with Gasteiger partial charge >= 0.3 is 12.2 Å². The third-order valence-electron chi connectivity index (χ3n) is 8.74. The fourth-order valence-electron chi connectivity index (χ4n) is 5.81. The fraction of sp³-hybridized carbons (Fsp3) is 0.564. The molecule has 0 aliphatic carbocycles. The summed E-state index contributed by atoms with van der Waals surface area (Å²) in [5.41, 5.74) is 10.2. The predicted molar refractivity (Wildman–Crippen MR) is 200 cm³/mol. The number of amides is 2. The number of carbonyl (C=O) groups excluding carboxylic acids is 2. The van der Waals surface area contributed by atoms with Crippen molar-refractivity contribution >= 4 is 17.8 Å². The van der Waals surface area contributed by atoms with Gasteiger partial charge < -0.3 is 30.0 Å². The normalized spacial score (nSPS) is 18.8. The minimum Gasteiger partial charge on any atom is -0.449 e. The highest BCUT2D eigenvalue weighted by molar-refractivity contribution is 5.78. The fourth-order valence-corrected chi connectivity index (χ4v) is 5.81. The summed E-state index contributed by atoms with van der Waals surface area (Å²) in [5, 5.41) is 6.16. The van der Waals surface area contributed by atoms with Crippen LogP contribution in [-0.2, 0) is 16.5 Å². The van der Waals surface area contributed by atoms with E-state index in [2.05, 4.69) is 100 Å². The summed E-state index contributed by atoms with van der Waals surface area (Å²) in [6.45, 7) is 28.5. The first kappa shape index (κ1) is 41.1.